The van der Waals surface area contributed by atoms with Gasteiger partial charge in [-0.1, -0.05) is 24.3 Å². The van der Waals surface area contributed by atoms with Crippen molar-refractivity contribution in [3.8, 4) is 17.5 Å². The Balaban J connectivity index is 1.87. The minimum atomic E-state index is -4.51. The number of hydrazine groups is 2. The second-order valence-electron chi connectivity index (χ2n) is 4.88. The largest absolute Gasteiger partial charge is 0.433 e. The number of hydrogen-bond acceptors (Lipinski definition) is 6. The average Bonchev–Trinajstić information content (AvgIpc) is 3.03. The number of nitrogens with zero attached hydrogens (tertiary/aromatic N) is 3. The lowest BCUT2D eigenvalue weighted by Gasteiger charge is -2.13. The van der Waals surface area contributed by atoms with Crippen LogP contribution in [0.5, 0.6) is 0 Å². The van der Waals surface area contributed by atoms with Crippen LogP contribution in [-0.2, 0) is 6.18 Å². The number of nitriles is 1. The van der Waals surface area contributed by atoms with E-state index in [1.165, 1.54) is 0 Å². The SMILES string of the molecule is N#CC1NNNC1c1ccc(-c2nccc(C(F)(F)F)n2)cc1. The van der Waals surface area contributed by atoms with Crippen LogP contribution in [0, 0.1) is 11.3 Å². The Morgan fingerprint density at radius 1 is 1.09 bits per heavy atom. The summed E-state index contributed by atoms with van der Waals surface area (Å²) in [5.74, 6) is -0.00107. The first-order valence-electron chi connectivity index (χ1n) is 6.65. The third kappa shape index (κ3) is 3.14. The predicted octanol–water partition coefficient (Wildman–Crippen LogP) is 1.71. The molecule has 2 heterocycles. The van der Waals surface area contributed by atoms with Crippen molar-refractivity contribution in [1.82, 2.24) is 26.4 Å². The molecule has 1 aromatic carbocycles. The molecule has 3 rings (SSSR count). The molecule has 2 unspecified atom stereocenters. The van der Waals surface area contributed by atoms with Gasteiger partial charge in [-0.25, -0.2) is 20.8 Å². The van der Waals surface area contributed by atoms with Crippen molar-refractivity contribution in [1.29, 1.82) is 5.26 Å². The zero-order valence-corrected chi connectivity index (χ0v) is 11.6. The van der Waals surface area contributed by atoms with Gasteiger partial charge in [-0.3, -0.25) is 0 Å². The fourth-order valence-electron chi connectivity index (χ4n) is 2.24. The second-order valence-corrected chi connectivity index (χ2v) is 4.88. The monoisotopic (exact) mass is 320 g/mol. The number of alkyl halides is 3. The van der Waals surface area contributed by atoms with Gasteiger partial charge in [0.05, 0.1) is 12.1 Å². The normalized spacial score (nSPS) is 21.1. The maximum Gasteiger partial charge on any atom is 0.433 e. The van der Waals surface area contributed by atoms with Gasteiger partial charge in [0.1, 0.15) is 11.7 Å². The van der Waals surface area contributed by atoms with Crippen LogP contribution in [0.1, 0.15) is 17.3 Å². The Morgan fingerprint density at radius 2 is 1.83 bits per heavy atom. The fraction of sp³-hybridized carbons (Fsp3) is 0.214. The Kier molecular flexibility index (Phi) is 3.96. The van der Waals surface area contributed by atoms with Crippen molar-refractivity contribution in [2.24, 2.45) is 0 Å². The molecule has 0 saturated carbocycles. The third-order valence-electron chi connectivity index (χ3n) is 3.40. The van der Waals surface area contributed by atoms with E-state index in [0.29, 0.717) is 5.56 Å². The van der Waals surface area contributed by atoms with Gasteiger partial charge >= 0.3 is 6.18 Å². The van der Waals surface area contributed by atoms with Crippen LogP contribution in [0.2, 0.25) is 0 Å². The van der Waals surface area contributed by atoms with Gasteiger partial charge in [0, 0.05) is 11.8 Å². The van der Waals surface area contributed by atoms with Crippen molar-refractivity contribution < 1.29 is 13.2 Å². The van der Waals surface area contributed by atoms with Gasteiger partial charge in [0.15, 0.2) is 5.82 Å². The predicted molar refractivity (Wildman–Crippen MR) is 74.0 cm³/mol. The highest BCUT2D eigenvalue weighted by Gasteiger charge is 2.33. The van der Waals surface area contributed by atoms with Crippen molar-refractivity contribution in [3.63, 3.8) is 0 Å². The molecule has 1 aliphatic heterocycles. The summed E-state index contributed by atoms with van der Waals surface area (Å²) in [5, 5.41) is 9.02. The third-order valence-corrected chi connectivity index (χ3v) is 3.40. The van der Waals surface area contributed by atoms with E-state index in [0.717, 1.165) is 17.8 Å². The first kappa shape index (κ1) is 15.4. The second kappa shape index (κ2) is 5.92. The molecule has 3 N–H and O–H groups in total. The van der Waals surface area contributed by atoms with Crippen LogP contribution in [0.25, 0.3) is 11.4 Å². The van der Waals surface area contributed by atoms with Crippen LogP contribution in [0.4, 0.5) is 13.2 Å². The van der Waals surface area contributed by atoms with E-state index in [9.17, 15) is 13.2 Å². The van der Waals surface area contributed by atoms with Crippen LogP contribution >= 0.6 is 0 Å². The van der Waals surface area contributed by atoms with Crippen LogP contribution in [0.3, 0.4) is 0 Å². The fourth-order valence-corrected chi connectivity index (χ4v) is 2.24. The van der Waals surface area contributed by atoms with Crippen molar-refractivity contribution in [3.05, 3.63) is 47.8 Å². The average molecular weight is 320 g/mol. The molecule has 23 heavy (non-hydrogen) atoms. The topological polar surface area (TPSA) is 85.7 Å². The summed E-state index contributed by atoms with van der Waals surface area (Å²) in [4.78, 5) is 7.42. The molecule has 1 saturated heterocycles. The van der Waals surface area contributed by atoms with Gasteiger partial charge < -0.3 is 0 Å². The lowest BCUT2D eigenvalue weighted by Crippen LogP contribution is -2.32. The van der Waals surface area contributed by atoms with E-state index >= 15 is 0 Å². The minimum absolute atomic E-state index is 0.00107. The molecule has 1 fully saturated rings. The first-order valence-corrected chi connectivity index (χ1v) is 6.65. The Hall–Kier alpha value is -2.54. The maximum atomic E-state index is 12.7. The molecule has 6 nitrogen and oxygen atoms in total. The van der Waals surface area contributed by atoms with Gasteiger partial charge in [-0.05, 0) is 11.6 Å². The molecule has 2 aromatic rings. The van der Waals surface area contributed by atoms with Crippen LogP contribution < -0.4 is 16.4 Å². The summed E-state index contributed by atoms with van der Waals surface area (Å²) < 4.78 is 38.1. The number of nitrogens with one attached hydrogen (secondary N) is 3. The van der Waals surface area contributed by atoms with E-state index < -0.39 is 17.9 Å². The molecule has 118 valence electrons. The van der Waals surface area contributed by atoms with Crippen molar-refractivity contribution in [2.75, 3.05) is 0 Å². The molecule has 1 aromatic heterocycles. The van der Waals surface area contributed by atoms with E-state index in [1.54, 1.807) is 24.3 Å². The number of halogens is 3. The minimum Gasteiger partial charge on any atom is -0.237 e. The zero-order valence-electron chi connectivity index (χ0n) is 11.6. The molecule has 9 heteroatoms. The Bertz CT molecular complexity index is 737. The highest BCUT2D eigenvalue weighted by Crippen LogP contribution is 2.29. The van der Waals surface area contributed by atoms with E-state index in [1.807, 2.05) is 0 Å². The number of benzene rings is 1. The lowest BCUT2D eigenvalue weighted by molar-refractivity contribution is -0.141. The molecule has 0 aliphatic carbocycles. The number of aromatic nitrogens is 2. The summed E-state index contributed by atoms with van der Waals surface area (Å²) in [6.45, 7) is 0. The van der Waals surface area contributed by atoms with Crippen LogP contribution in [0.15, 0.2) is 36.5 Å². The molecule has 0 bridgehead atoms. The standard InChI is InChI=1S/C14H11F3N6/c15-14(16,17)11-5-6-19-13(20-11)9-3-1-8(2-4-9)12-10(7-18)21-23-22-12/h1-6,10,12,21-23H. The summed E-state index contributed by atoms with van der Waals surface area (Å²) in [6, 6.07) is 8.89. The molecule has 0 radical (unpaired) electrons. The van der Waals surface area contributed by atoms with Gasteiger partial charge in [0.25, 0.3) is 0 Å². The Labute approximate surface area is 129 Å². The summed E-state index contributed by atoms with van der Waals surface area (Å²) in [5.41, 5.74) is 8.61. The van der Waals surface area contributed by atoms with Crippen molar-refractivity contribution in [2.45, 2.75) is 18.3 Å². The molecular formula is C14H11F3N6. The molecule has 0 spiro atoms. The van der Waals surface area contributed by atoms with Crippen molar-refractivity contribution >= 4 is 0 Å². The molecular weight excluding hydrogens is 309 g/mol. The van der Waals surface area contributed by atoms with Gasteiger partial charge in [0.2, 0.25) is 0 Å². The molecule has 0 amide bonds. The molecule has 2 atom stereocenters. The maximum absolute atomic E-state index is 12.7. The van der Waals surface area contributed by atoms with E-state index in [-0.39, 0.29) is 11.9 Å². The number of hydrogen-bond donors (Lipinski definition) is 3. The summed E-state index contributed by atoms with van der Waals surface area (Å²) >= 11 is 0. The zero-order chi connectivity index (χ0) is 16.4. The lowest BCUT2D eigenvalue weighted by atomic mass is 10.0. The molecule has 1 aliphatic rings. The van der Waals surface area contributed by atoms with E-state index in [2.05, 4.69) is 32.4 Å². The van der Waals surface area contributed by atoms with Crippen LogP contribution in [-0.4, -0.2) is 16.0 Å². The number of rotatable bonds is 2. The van der Waals surface area contributed by atoms with E-state index in [4.69, 9.17) is 5.26 Å². The Morgan fingerprint density at radius 3 is 2.48 bits per heavy atom. The quantitative estimate of drug-likeness (QED) is 0.781. The summed E-state index contributed by atoms with van der Waals surface area (Å²) in [7, 11) is 0. The van der Waals surface area contributed by atoms with Gasteiger partial charge in [-0.2, -0.15) is 24.0 Å². The van der Waals surface area contributed by atoms with Gasteiger partial charge in [-0.15, -0.1) is 0 Å². The first-order chi connectivity index (χ1) is 11.0. The highest BCUT2D eigenvalue weighted by molar-refractivity contribution is 5.55. The summed E-state index contributed by atoms with van der Waals surface area (Å²) in [6.07, 6.45) is -3.43. The smallest absolute Gasteiger partial charge is 0.237 e. The highest BCUT2D eigenvalue weighted by atomic mass is 19.4.